The maximum Gasteiger partial charge on any atom is 0.341 e. The Balaban J connectivity index is 2.22. The molecule has 0 aliphatic rings. The fourth-order valence-electron chi connectivity index (χ4n) is 1.65. The number of carbonyl (C=O) groups is 2. The van der Waals surface area contributed by atoms with Gasteiger partial charge in [0, 0.05) is 25.3 Å². The fraction of sp³-hybridized carbons (Fsp3) is 0.154. The molecule has 1 amide bonds. The number of rotatable bonds is 4. The van der Waals surface area contributed by atoms with Gasteiger partial charge in [0.1, 0.15) is 11.4 Å². The van der Waals surface area contributed by atoms with Crippen LogP contribution in [0.1, 0.15) is 20.7 Å². The number of nitrogens with zero attached hydrogens (tertiary/aromatic N) is 2. The Morgan fingerprint density at radius 3 is 2.75 bits per heavy atom. The highest BCUT2D eigenvalue weighted by Crippen LogP contribution is 2.16. The number of hydrogen-bond donors (Lipinski definition) is 3. The van der Waals surface area contributed by atoms with Crippen molar-refractivity contribution in [1.29, 1.82) is 0 Å². The number of H-pyrrole nitrogens is 1. The van der Waals surface area contributed by atoms with Crippen LogP contribution in [0.15, 0.2) is 30.5 Å². The molecule has 0 fully saturated rings. The number of carboxylic acids is 1. The Labute approximate surface area is 115 Å². The van der Waals surface area contributed by atoms with Gasteiger partial charge in [0.15, 0.2) is 0 Å². The predicted octanol–water partition coefficient (Wildman–Crippen LogP) is 1.43. The van der Waals surface area contributed by atoms with E-state index in [1.165, 1.54) is 0 Å². The molecule has 0 aliphatic heterocycles. The molecular formula is C13H14N4O3. The highest BCUT2D eigenvalue weighted by atomic mass is 16.4. The molecule has 7 heteroatoms. The summed E-state index contributed by atoms with van der Waals surface area (Å²) in [7, 11) is 3.74. The molecule has 3 N–H and O–H groups in total. The van der Waals surface area contributed by atoms with Gasteiger partial charge in [0.05, 0.1) is 6.20 Å². The number of aromatic amines is 1. The normalized spacial score (nSPS) is 10.1. The van der Waals surface area contributed by atoms with Crippen molar-refractivity contribution in [3.8, 4) is 0 Å². The predicted molar refractivity (Wildman–Crippen MR) is 74.3 cm³/mol. The number of hydrogen-bond acceptors (Lipinski definition) is 4. The first-order valence-corrected chi connectivity index (χ1v) is 5.84. The largest absolute Gasteiger partial charge is 0.477 e. The summed E-state index contributed by atoms with van der Waals surface area (Å²) in [4.78, 5) is 24.9. The van der Waals surface area contributed by atoms with Crippen molar-refractivity contribution in [2.45, 2.75) is 0 Å². The number of benzene rings is 1. The number of anilines is 2. The second-order valence-electron chi connectivity index (χ2n) is 4.36. The molecule has 1 aromatic heterocycles. The summed E-state index contributed by atoms with van der Waals surface area (Å²) in [6.45, 7) is 0. The third kappa shape index (κ3) is 2.77. The van der Waals surface area contributed by atoms with Crippen LogP contribution in [0.2, 0.25) is 0 Å². The van der Waals surface area contributed by atoms with Crippen LogP contribution in [0.4, 0.5) is 11.5 Å². The summed E-state index contributed by atoms with van der Waals surface area (Å²) in [5.74, 6) is -1.49. The van der Waals surface area contributed by atoms with Gasteiger partial charge in [-0.05, 0) is 18.2 Å². The van der Waals surface area contributed by atoms with E-state index in [9.17, 15) is 9.59 Å². The molecule has 0 spiro atoms. The van der Waals surface area contributed by atoms with E-state index < -0.39 is 11.9 Å². The number of carbonyl (C=O) groups excluding carboxylic acids is 1. The molecule has 2 rings (SSSR count). The molecule has 0 aliphatic carbocycles. The van der Waals surface area contributed by atoms with Crippen molar-refractivity contribution in [2.75, 3.05) is 24.3 Å². The quantitative estimate of drug-likeness (QED) is 0.783. The van der Waals surface area contributed by atoms with Crippen LogP contribution < -0.4 is 10.2 Å². The van der Waals surface area contributed by atoms with Crippen LogP contribution in [0, 0.1) is 0 Å². The van der Waals surface area contributed by atoms with Crippen molar-refractivity contribution in [3.63, 3.8) is 0 Å². The van der Waals surface area contributed by atoms with Crippen LogP contribution in [-0.2, 0) is 0 Å². The summed E-state index contributed by atoms with van der Waals surface area (Å²) >= 11 is 0. The lowest BCUT2D eigenvalue weighted by Crippen LogP contribution is -2.16. The summed E-state index contributed by atoms with van der Waals surface area (Å²) in [5, 5.41) is 17.5. The fourth-order valence-corrected chi connectivity index (χ4v) is 1.65. The second-order valence-corrected chi connectivity index (χ2v) is 4.36. The summed E-state index contributed by atoms with van der Waals surface area (Å²) < 4.78 is 0. The van der Waals surface area contributed by atoms with E-state index in [1.807, 2.05) is 25.1 Å². The standard InChI is InChI=1S/C13H14N4O3/c1-17(2)9-5-3-4-8(6-9)12(18)15-11-10(13(19)20)7-14-16-11/h3-7H,1-2H3,(H,19,20)(H2,14,15,16,18). The highest BCUT2D eigenvalue weighted by Gasteiger charge is 2.15. The van der Waals surface area contributed by atoms with Crippen LogP contribution in [0.5, 0.6) is 0 Å². The van der Waals surface area contributed by atoms with Crippen molar-refractivity contribution < 1.29 is 14.7 Å². The molecular weight excluding hydrogens is 260 g/mol. The van der Waals surface area contributed by atoms with E-state index in [4.69, 9.17) is 5.11 Å². The van der Waals surface area contributed by atoms with Crippen LogP contribution in [0.25, 0.3) is 0 Å². The zero-order valence-electron chi connectivity index (χ0n) is 11.0. The van der Waals surface area contributed by atoms with Gasteiger partial charge < -0.3 is 15.3 Å². The Morgan fingerprint density at radius 2 is 2.10 bits per heavy atom. The van der Waals surface area contributed by atoms with Gasteiger partial charge in [0.25, 0.3) is 5.91 Å². The van der Waals surface area contributed by atoms with E-state index in [0.29, 0.717) is 5.56 Å². The Bertz CT molecular complexity index is 649. The Morgan fingerprint density at radius 1 is 1.35 bits per heavy atom. The average molecular weight is 274 g/mol. The summed E-state index contributed by atoms with van der Waals surface area (Å²) in [6, 6.07) is 7.00. The zero-order chi connectivity index (χ0) is 14.7. The van der Waals surface area contributed by atoms with Gasteiger partial charge in [-0.1, -0.05) is 6.07 Å². The smallest absolute Gasteiger partial charge is 0.341 e. The maximum atomic E-state index is 12.1. The minimum atomic E-state index is -1.16. The van der Waals surface area contributed by atoms with Gasteiger partial charge in [-0.15, -0.1) is 0 Å². The monoisotopic (exact) mass is 274 g/mol. The minimum Gasteiger partial charge on any atom is -0.477 e. The number of nitrogens with one attached hydrogen (secondary N) is 2. The summed E-state index contributed by atoms with van der Waals surface area (Å²) in [6.07, 6.45) is 1.15. The van der Waals surface area contributed by atoms with Crippen molar-refractivity contribution in [3.05, 3.63) is 41.6 Å². The SMILES string of the molecule is CN(C)c1cccc(C(=O)Nc2[nH]ncc2C(=O)O)c1. The van der Waals surface area contributed by atoms with Crippen molar-refractivity contribution >= 4 is 23.4 Å². The van der Waals surface area contributed by atoms with E-state index in [1.54, 1.807) is 18.2 Å². The van der Waals surface area contributed by atoms with Gasteiger partial charge >= 0.3 is 5.97 Å². The molecule has 0 radical (unpaired) electrons. The molecule has 0 bridgehead atoms. The first kappa shape index (κ1) is 13.6. The topological polar surface area (TPSA) is 98.3 Å². The van der Waals surface area contributed by atoms with Gasteiger partial charge in [-0.3, -0.25) is 9.89 Å². The lowest BCUT2D eigenvalue weighted by Gasteiger charge is -2.13. The highest BCUT2D eigenvalue weighted by molar-refractivity contribution is 6.07. The first-order valence-electron chi connectivity index (χ1n) is 5.84. The lowest BCUT2D eigenvalue weighted by molar-refractivity contribution is 0.0698. The van der Waals surface area contributed by atoms with Crippen LogP contribution in [-0.4, -0.2) is 41.3 Å². The molecule has 0 unspecified atom stereocenters. The summed E-state index contributed by atoms with van der Waals surface area (Å²) in [5.41, 5.74) is 1.23. The number of aromatic carboxylic acids is 1. The minimum absolute atomic E-state index is 0.0674. The molecule has 104 valence electrons. The molecule has 0 saturated heterocycles. The van der Waals surface area contributed by atoms with Crippen molar-refractivity contribution in [2.24, 2.45) is 0 Å². The third-order valence-corrected chi connectivity index (χ3v) is 2.73. The maximum absolute atomic E-state index is 12.1. The van der Waals surface area contributed by atoms with E-state index in [-0.39, 0.29) is 11.4 Å². The van der Waals surface area contributed by atoms with Gasteiger partial charge in [-0.25, -0.2) is 4.79 Å². The van der Waals surface area contributed by atoms with Gasteiger partial charge in [-0.2, -0.15) is 5.10 Å². The second kappa shape index (κ2) is 5.43. The molecule has 1 aromatic carbocycles. The zero-order valence-corrected chi connectivity index (χ0v) is 11.0. The lowest BCUT2D eigenvalue weighted by atomic mass is 10.2. The molecule has 7 nitrogen and oxygen atoms in total. The number of amides is 1. The Hall–Kier alpha value is -2.83. The third-order valence-electron chi connectivity index (χ3n) is 2.73. The number of carboxylic acid groups (broad SMARTS) is 1. The van der Waals surface area contributed by atoms with E-state index in [2.05, 4.69) is 15.5 Å². The first-order chi connectivity index (χ1) is 9.49. The number of aromatic nitrogens is 2. The van der Waals surface area contributed by atoms with Crippen molar-refractivity contribution in [1.82, 2.24) is 10.2 Å². The molecule has 0 saturated carbocycles. The molecule has 20 heavy (non-hydrogen) atoms. The van der Waals surface area contributed by atoms with E-state index in [0.717, 1.165) is 11.9 Å². The van der Waals surface area contributed by atoms with Gasteiger partial charge in [0.2, 0.25) is 0 Å². The van der Waals surface area contributed by atoms with Crippen LogP contribution >= 0.6 is 0 Å². The molecule has 0 atom stereocenters. The average Bonchev–Trinajstić information content (AvgIpc) is 2.87. The van der Waals surface area contributed by atoms with E-state index >= 15 is 0 Å². The van der Waals surface area contributed by atoms with Crippen LogP contribution in [0.3, 0.4) is 0 Å². The molecule has 2 aromatic rings. The Kier molecular flexibility index (Phi) is 3.69. The molecule has 1 heterocycles.